The number of thiazole rings is 1. The monoisotopic (exact) mass is 549 g/mol. The molecule has 1 atom stereocenters. The Morgan fingerprint density at radius 1 is 1.12 bits per heavy atom. The van der Waals surface area contributed by atoms with Gasteiger partial charge in [-0.25, -0.2) is 4.99 Å². The van der Waals surface area contributed by atoms with Crippen LogP contribution in [0.1, 0.15) is 29.0 Å². The number of carbonyl (C=O) groups excluding carboxylic acids is 1. The number of thiophene rings is 1. The van der Waals surface area contributed by atoms with E-state index in [9.17, 15) is 9.59 Å². The molecule has 0 fully saturated rings. The number of benzene rings is 2. The van der Waals surface area contributed by atoms with Crippen molar-refractivity contribution in [3.05, 3.63) is 117 Å². The van der Waals surface area contributed by atoms with Gasteiger partial charge < -0.3 is 5.32 Å². The highest BCUT2D eigenvalue weighted by molar-refractivity contribution is 9.10. The number of halogens is 1. The van der Waals surface area contributed by atoms with Crippen molar-refractivity contribution >= 4 is 56.3 Å². The molecule has 5 nitrogen and oxygen atoms in total. The molecule has 34 heavy (non-hydrogen) atoms. The molecule has 2 aromatic heterocycles. The van der Waals surface area contributed by atoms with E-state index in [1.165, 1.54) is 22.7 Å². The zero-order valence-electron chi connectivity index (χ0n) is 18.4. The Labute approximate surface area is 212 Å². The summed E-state index contributed by atoms with van der Waals surface area (Å²) in [5, 5.41) is 4.99. The number of fused-ring (bicyclic) bond motifs is 1. The fourth-order valence-electron chi connectivity index (χ4n) is 3.98. The highest BCUT2D eigenvalue weighted by Crippen LogP contribution is 2.33. The Morgan fingerprint density at radius 3 is 2.68 bits per heavy atom. The minimum atomic E-state index is -0.537. The van der Waals surface area contributed by atoms with Crippen LogP contribution in [0.2, 0.25) is 0 Å². The van der Waals surface area contributed by atoms with Gasteiger partial charge in [-0.3, -0.25) is 14.2 Å². The summed E-state index contributed by atoms with van der Waals surface area (Å²) in [5.41, 5.74) is 3.56. The van der Waals surface area contributed by atoms with Gasteiger partial charge in [0.1, 0.15) is 6.04 Å². The molecule has 1 N–H and O–H groups in total. The van der Waals surface area contributed by atoms with Gasteiger partial charge in [0.25, 0.3) is 11.5 Å². The van der Waals surface area contributed by atoms with Crippen LogP contribution in [0.15, 0.2) is 91.6 Å². The second-order valence-corrected chi connectivity index (χ2v) is 10.8. The Morgan fingerprint density at radius 2 is 1.94 bits per heavy atom. The lowest BCUT2D eigenvalue weighted by atomic mass is 10.0. The summed E-state index contributed by atoms with van der Waals surface area (Å²) in [6, 6.07) is 18.8. The average molecular weight is 551 g/mol. The minimum absolute atomic E-state index is 0.157. The summed E-state index contributed by atoms with van der Waals surface area (Å²) in [7, 11) is 0. The molecule has 4 aromatic rings. The Kier molecular flexibility index (Phi) is 6.20. The minimum Gasteiger partial charge on any atom is -0.322 e. The topological polar surface area (TPSA) is 63.5 Å². The number of hydrogen-bond donors (Lipinski definition) is 1. The first kappa shape index (κ1) is 22.7. The predicted molar refractivity (Wildman–Crippen MR) is 142 cm³/mol. The molecule has 8 heteroatoms. The number of allylic oxidation sites excluding steroid dienone is 1. The molecule has 2 aromatic carbocycles. The molecule has 1 aliphatic rings. The lowest BCUT2D eigenvalue weighted by molar-refractivity contribution is -0.113. The van der Waals surface area contributed by atoms with Gasteiger partial charge in [-0.2, -0.15) is 0 Å². The van der Waals surface area contributed by atoms with Crippen LogP contribution in [-0.4, -0.2) is 10.5 Å². The highest BCUT2D eigenvalue weighted by Gasteiger charge is 2.33. The van der Waals surface area contributed by atoms with E-state index in [4.69, 9.17) is 0 Å². The van der Waals surface area contributed by atoms with Gasteiger partial charge >= 0.3 is 0 Å². The number of nitrogens with zero attached hydrogens (tertiary/aromatic N) is 2. The summed E-state index contributed by atoms with van der Waals surface area (Å²) < 4.78 is 3.17. The maximum absolute atomic E-state index is 13.6. The van der Waals surface area contributed by atoms with E-state index >= 15 is 0 Å². The molecule has 0 radical (unpaired) electrons. The molecular formula is C26H20BrN3O2S2. The van der Waals surface area contributed by atoms with Gasteiger partial charge in [0.15, 0.2) is 4.80 Å². The van der Waals surface area contributed by atoms with E-state index in [2.05, 4.69) is 26.2 Å². The number of amides is 1. The number of carbonyl (C=O) groups is 1. The zero-order chi connectivity index (χ0) is 23.8. The third kappa shape index (κ3) is 4.24. The molecule has 0 saturated heterocycles. The van der Waals surface area contributed by atoms with Crippen molar-refractivity contribution in [2.75, 3.05) is 5.32 Å². The van der Waals surface area contributed by atoms with Crippen molar-refractivity contribution in [1.82, 2.24) is 4.57 Å². The number of para-hydroxylation sites is 1. The normalized spacial score (nSPS) is 15.7. The smallest absolute Gasteiger partial charge is 0.271 e. The molecule has 0 saturated carbocycles. The molecule has 1 unspecified atom stereocenters. The molecule has 0 spiro atoms. The molecular weight excluding hydrogens is 530 g/mol. The third-order valence-corrected chi connectivity index (χ3v) is 8.02. The van der Waals surface area contributed by atoms with E-state index in [-0.39, 0.29) is 11.5 Å². The number of aryl methyl sites for hydroxylation is 1. The first-order valence-electron chi connectivity index (χ1n) is 10.6. The second kappa shape index (κ2) is 9.29. The second-order valence-electron chi connectivity index (χ2n) is 7.92. The predicted octanol–water partition coefficient (Wildman–Crippen LogP) is 5.01. The van der Waals surface area contributed by atoms with E-state index in [0.717, 1.165) is 26.2 Å². The first-order valence-corrected chi connectivity index (χ1v) is 13.1. The maximum Gasteiger partial charge on any atom is 0.271 e. The van der Waals surface area contributed by atoms with Crippen LogP contribution >= 0.6 is 38.6 Å². The van der Waals surface area contributed by atoms with Crippen molar-refractivity contribution in [3.63, 3.8) is 0 Å². The standard InChI is InChI=1S/C26H20BrN3O2S2/c1-15-7-3-4-10-19(15)29-24(31)22-16(2)28-26-30(23(22)20-11-6-12-33-20)25(32)21(34-26)14-17-8-5-9-18(27)13-17/h3-14,23H,1-2H3,(H,29,31). The molecule has 3 heterocycles. The number of rotatable bonds is 4. The largest absolute Gasteiger partial charge is 0.322 e. The van der Waals surface area contributed by atoms with Crippen molar-refractivity contribution in [1.29, 1.82) is 0 Å². The Bertz CT molecular complexity index is 1610. The average Bonchev–Trinajstić information content (AvgIpc) is 3.43. The molecule has 1 amide bonds. The fourth-order valence-corrected chi connectivity index (χ4v) is 6.27. The van der Waals surface area contributed by atoms with Gasteiger partial charge in [0.2, 0.25) is 0 Å². The quantitative estimate of drug-likeness (QED) is 0.389. The van der Waals surface area contributed by atoms with Crippen LogP contribution in [0.25, 0.3) is 6.08 Å². The van der Waals surface area contributed by atoms with Crippen LogP contribution in [-0.2, 0) is 4.79 Å². The van der Waals surface area contributed by atoms with Gasteiger partial charge in [-0.05, 0) is 60.7 Å². The van der Waals surface area contributed by atoms with E-state index < -0.39 is 6.04 Å². The number of aromatic nitrogens is 1. The van der Waals surface area contributed by atoms with Gasteiger partial charge in [-0.15, -0.1) is 11.3 Å². The number of anilines is 1. The molecule has 5 rings (SSSR count). The summed E-state index contributed by atoms with van der Waals surface area (Å²) in [6.07, 6.45) is 1.87. The Balaban J connectivity index is 1.65. The lowest BCUT2D eigenvalue weighted by Gasteiger charge is -2.24. The molecule has 0 bridgehead atoms. The fraction of sp³-hybridized carbons (Fsp3) is 0.115. The highest BCUT2D eigenvalue weighted by atomic mass is 79.9. The van der Waals surface area contributed by atoms with Gasteiger partial charge in [-0.1, -0.05) is 63.7 Å². The summed E-state index contributed by atoms with van der Waals surface area (Å²) in [4.78, 5) is 33.4. The molecule has 170 valence electrons. The number of hydrogen-bond acceptors (Lipinski definition) is 5. The molecule has 1 aliphatic heterocycles. The van der Waals surface area contributed by atoms with Crippen LogP contribution in [0.3, 0.4) is 0 Å². The Hall–Kier alpha value is -3.07. The van der Waals surface area contributed by atoms with Crippen molar-refractivity contribution in [3.8, 4) is 0 Å². The van der Waals surface area contributed by atoms with E-state index in [1.54, 1.807) is 4.57 Å². The summed E-state index contributed by atoms with van der Waals surface area (Å²) in [5.74, 6) is -0.254. The third-order valence-electron chi connectivity index (χ3n) is 5.62. The van der Waals surface area contributed by atoms with Crippen molar-refractivity contribution in [2.45, 2.75) is 19.9 Å². The maximum atomic E-state index is 13.6. The van der Waals surface area contributed by atoms with E-state index in [0.29, 0.717) is 20.6 Å². The summed E-state index contributed by atoms with van der Waals surface area (Å²) in [6.45, 7) is 3.78. The van der Waals surface area contributed by atoms with Crippen LogP contribution in [0.4, 0.5) is 5.69 Å². The van der Waals surface area contributed by atoms with E-state index in [1.807, 2.05) is 86.0 Å². The van der Waals surface area contributed by atoms with Crippen LogP contribution in [0.5, 0.6) is 0 Å². The van der Waals surface area contributed by atoms with Crippen molar-refractivity contribution < 1.29 is 4.79 Å². The lowest BCUT2D eigenvalue weighted by Crippen LogP contribution is -2.40. The van der Waals surface area contributed by atoms with Crippen molar-refractivity contribution in [2.24, 2.45) is 4.99 Å². The zero-order valence-corrected chi connectivity index (χ0v) is 21.6. The van der Waals surface area contributed by atoms with Gasteiger partial charge in [0.05, 0.1) is 15.8 Å². The first-order chi connectivity index (χ1) is 16.4. The number of nitrogens with one attached hydrogen (secondary N) is 1. The van der Waals surface area contributed by atoms with Crippen LogP contribution in [0, 0.1) is 6.92 Å². The SMILES string of the molecule is CC1=C(C(=O)Nc2ccccc2C)C(c2cccs2)n2c(sc(=Cc3cccc(Br)c3)c2=O)=N1. The van der Waals surface area contributed by atoms with Gasteiger partial charge in [0, 0.05) is 15.0 Å². The molecule has 0 aliphatic carbocycles. The summed E-state index contributed by atoms with van der Waals surface area (Å²) >= 11 is 6.34. The van der Waals surface area contributed by atoms with Crippen LogP contribution < -0.4 is 20.2 Å².